The highest BCUT2D eigenvalue weighted by atomic mass is 79.9. The van der Waals surface area contributed by atoms with Crippen LogP contribution in [0.3, 0.4) is 0 Å². The van der Waals surface area contributed by atoms with E-state index >= 15 is 0 Å². The van der Waals surface area contributed by atoms with Crippen LogP contribution in [0.5, 0.6) is 0 Å². The van der Waals surface area contributed by atoms with Crippen molar-refractivity contribution < 1.29 is 18.0 Å². The maximum Gasteiger partial charge on any atom is 0.391 e. The summed E-state index contributed by atoms with van der Waals surface area (Å²) in [5.74, 6) is -1.96. The van der Waals surface area contributed by atoms with Crippen molar-refractivity contribution in [3.8, 4) is 0 Å². The summed E-state index contributed by atoms with van der Waals surface area (Å²) in [6, 6.07) is 0. The summed E-state index contributed by atoms with van der Waals surface area (Å²) < 4.78 is 38.0. The molecule has 0 aliphatic heterocycles. The normalized spacial score (nSPS) is 29.9. The molecule has 1 amide bonds. The number of carbonyl (C=O) groups is 1. The van der Waals surface area contributed by atoms with Gasteiger partial charge in [-0.25, -0.2) is 0 Å². The molecular weight excluding hydrogens is 323 g/mol. The van der Waals surface area contributed by atoms with Gasteiger partial charge in [-0.3, -0.25) is 4.79 Å². The number of alkyl halides is 4. The van der Waals surface area contributed by atoms with Gasteiger partial charge in [0.25, 0.3) is 0 Å². The van der Waals surface area contributed by atoms with E-state index in [-0.39, 0.29) is 24.2 Å². The number of amides is 1. The van der Waals surface area contributed by atoms with Crippen LogP contribution in [0.2, 0.25) is 0 Å². The molecule has 2 aliphatic rings. The third-order valence-electron chi connectivity index (χ3n) is 4.39. The van der Waals surface area contributed by atoms with Crippen molar-refractivity contribution in [1.82, 2.24) is 5.32 Å². The van der Waals surface area contributed by atoms with Crippen LogP contribution < -0.4 is 5.32 Å². The molecule has 2 rings (SSSR count). The van der Waals surface area contributed by atoms with E-state index in [1.807, 2.05) is 0 Å². The largest absolute Gasteiger partial charge is 0.391 e. The summed E-state index contributed by atoms with van der Waals surface area (Å²) in [5, 5.41) is 3.69. The molecule has 0 aromatic carbocycles. The minimum atomic E-state index is -4.16. The highest BCUT2D eigenvalue weighted by molar-refractivity contribution is 9.09. The molecule has 2 nitrogen and oxygen atoms in total. The molecule has 0 aromatic heterocycles. The van der Waals surface area contributed by atoms with Gasteiger partial charge in [-0.15, -0.1) is 0 Å². The molecule has 2 atom stereocenters. The number of hydrogen-bond acceptors (Lipinski definition) is 1. The summed E-state index contributed by atoms with van der Waals surface area (Å²) in [4.78, 5) is 12.0. The SMILES string of the molecule is O=C(NCC1(CBr)CC1)C1CCCC(C(F)(F)F)C1. The maximum absolute atomic E-state index is 12.7. The van der Waals surface area contributed by atoms with Crippen molar-refractivity contribution in [3.05, 3.63) is 0 Å². The lowest BCUT2D eigenvalue weighted by Gasteiger charge is -2.30. The molecule has 1 N–H and O–H groups in total. The Bertz CT molecular complexity index is 341. The Kier molecular flexibility index (Phi) is 4.48. The third kappa shape index (κ3) is 3.86. The summed E-state index contributed by atoms with van der Waals surface area (Å²) in [7, 11) is 0. The van der Waals surface area contributed by atoms with E-state index in [0.29, 0.717) is 19.4 Å². The maximum atomic E-state index is 12.7. The summed E-state index contributed by atoms with van der Waals surface area (Å²) in [6.07, 6.45) is -0.809. The highest BCUT2D eigenvalue weighted by Gasteiger charge is 2.45. The van der Waals surface area contributed by atoms with Crippen LogP contribution in [0.1, 0.15) is 38.5 Å². The number of halogens is 4. The Morgan fingerprint density at radius 1 is 1.32 bits per heavy atom. The number of hydrogen-bond donors (Lipinski definition) is 1. The van der Waals surface area contributed by atoms with E-state index in [9.17, 15) is 18.0 Å². The van der Waals surface area contributed by atoms with Crippen LogP contribution in [-0.2, 0) is 4.79 Å². The van der Waals surface area contributed by atoms with E-state index in [4.69, 9.17) is 0 Å². The van der Waals surface area contributed by atoms with Crippen LogP contribution in [0, 0.1) is 17.3 Å². The molecule has 0 spiro atoms. The van der Waals surface area contributed by atoms with Gasteiger partial charge in [0.2, 0.25) is 5.91 Å². The first-order chi connectivity index (χ1) is 8.86. The molecule has 2 saturated carbocycles. The van der Waals surface area contributed by atoms with E-state index < -0.39 is 18.0 Å². The van der Waals surface area contributed by atoms with Gasteiger partial charge in [0, 0.05) is 17.8 Å². The molecule has 0 heterocycles. The molecule has 19 heavy (non-hydrogen) atoms. The molecule has 6 heteroatoms. The van der Waals surface area contributed by atoms with Crippen LogP contribution in [0.15, 0.2) is 0 Å². The zero-order valence-corrected chi connectivity index (χ0v) is 12.3. The summed E-state index contributed by atoms with van der Waals surface area (Å²) >= 11 is 3.42. The van der Waals surface area contributed by atoms with Gasteiger partial charge in [0.05, 0.1) is 5.92 Å². The second-order valence-electron chi connectivity index (χ2n) is 5.95. The minimum absolute atomic E-state index is 0.0450. The predicted molar refractivity (Wildman–Crippen MR) is 70.0 cm³/mol. The minimum Gasteiger partial charge on any atom is -0.355 e. The lowest BCUT2D eigenvalue weighted by Crippen LogP contribution is -2.39. The lowest BCUT2D eigenvalue weighted by atomic mass is 9.80. The second kappa shape index (κ2) is 5.62. The van der Waals surface area contributed by atoms with Gasteiger partial charge in [-0.1, -0.05) is 22.4 Å². The number of carbonyl (C=O) groups excluding carboxylic acids is 1. The first kappa shape index (κ1) is 15.1. The number of rotatable bonds is 4. The Hall–Kier alpha value is -0.260. The van der Waals surface area contributed by atoms with Crippen molar-refractivity contribution in [2.24, 2.45) is 17.3 Å². The van der Waals surface area contributed by atoms with E-state index in [2.05, 4.69) is 21.2 Å². The Morgan fingerprint density at radius 2 is 2.00 bits per heavy atom. The molecule has 0 aromatic rings. The average molecular weight is 342 g/mol. The van der Waals surface area contributed by atoms with Gasteiger partial charge < -0.3 is 5.32 Å². The topological polar surface area (TPSA) is 29.1 Å². The van der Waals surface area contributed by atoms with Crippen LogP contribution in [-0.4, -0.2) is 24.0 Å². The fourth-order valence-corrected chi connectivity index (χ4v) is 3.44. The number of nitrogens with one attached hydrogen (secondary N) is 1. The summed E-state index contributed by atoms with van der Waals surface area (Å²) in [6.45, 7) is 0.588. The molecule has 0 radical (unpaired) electrons. The van der Waals surface area contributed by atoms with Crippen LogP contribution in [0.4, 0.5) is 13.2 Å². The van der Waals surface area contributed by atoms with Crippen molar-refractivity contribution in [2.75, 3.05) is 11.9 Å². The van der Waals surface area contributed by atoms with Crippen LogP contribution >= 0.6 is 15.9 Å². The zero-order valence-electron chi connectivity index (χ0n) is 10.7. The molecule has 2 unspecified atom stereocenters. The molecule has 0 saturated heterocycles. The van der Waals surface area contributed by atoms with Gasteiger partial charge in [0.1, 0.15) is 0 Å². The first-order valence-electron chi connectivity index (χ1n) is 6.77. The van der Waals surface area contributed by atoms with Crippen molar-refractivity contribution in [1.29, 1.82) is 0 Å². The van der Waals surface area contributed by atoms with E-state index in [0.717, 1.165) is 18.2 Å². The summed E-state index contributed by atoms with van der Waals surface area (Å²) in [5.41, 5.74) is 0.160. The molecular formula is C13H19BrF3NO. The standard InChI is InChI=1S/C13H19BrF3NO/c14-7-12(4-5-12)8-18-11(19)9-2-1-3-10(6-9)13(15,16)17/h9-10H,1-8H2,(H,18,19). The quantitative estimate of drug-likeness (QED) is 0.777. The predicted octanol–water partition coefficient (Wildman–Crippen LogP) is 3.65. The van der Waals surface area contributed by atoms with Crippen LogP contribution in [0.25, 0.3) is 0 Å². The first-order valence-corrected chi connectivity index (χ1v) is 7.89. The zero-order chi connectivity index (χ0) is 14.1. The molecule has 2 aliphatic carbocycles. The smallest absolute Gasteiger partial charge is 0.355 e. The lowest BCUT2D eigenvalue weighted by molar-refractivity contribution is -0.186. The van der Waals surface area contributed by atoms with Gasteiger partial charge >= 0.3 is 6.18 Å². The monoisotopic (exact) mass is 341 g/mol. The fraction of sp³-hybridized carbons (Fsp3) is 0.923. The third-order valence-corrected chi connectivity index (χ3v) is 5.58. The Labute approximate surface area is 119 Å². The average Bonchev–Trinajstić information content (AvgIpc) is 3.16. The van der Waals surface area contributed by atoms with E-state index in [1.165, 1.54) is 0 Å². The molecule has 110 valence electrons. The molecule has 2 fully saturated rings. The Balaban J connectivity index is 1.82. The second-order valence-corrected chi connectivity index (χ2v) is 6.51. The van der Waals surface area contributed by atoms with Crippen molar-refractivity contribution in [2.45, 2.75) is 44.7 Å². The molecule has 0 bridgehead atoms. The fourth-order valence-electron chi connectivity index (χ4n) is 2.68. The highest BCUT2D eigenvalue weighted by Crippen LogP contribution is 2.46. The van der Waals surface area contributed by atoms with Gasteiger partial charge in [0.15, 0.2) is 0 Å². The van der Waals surface area contributed by atoms with Crippen molar-refractivity contribution >= 4 is 21.8 Å². The van der Waals surface area contributed by atoms with Crippen molar-refractivity contribution in [3.63, 3.8) is 0 Å². The Morgan fingerprint density at radius 3 is 2.53 bits per heavy atom. The van der Waals surface area contributed by atoms with E-state index in [1.54, 1.807) is 0 Å². The van der Waals surface area contributed by atoms with Gasteiger partial charge in [-0.05, 0) is 37.5 Å². The van der Waals surface area contributed by atoms with Gasteiger partial charge in [-0.2, -0.15) is 13.2 Å².